The lowest BCUT2D eigenvalue weighted by Crippen LogP contribution is -2.62. The van der Waals surface area contributed by atoms with Crippen LogP contribution in [0.15, 0.2) is 11.6 Å². The Balaban J connectivity index is 1.56. The lowest BCUT2D eigenvalue weighted by atomic mass is 9.45. The van der Waals surface area contributed by atoms with Crippen molar-refractivity contribution in [3.05, 3.63) is 11.6 Å². The topological polar surface area (TPSA) is 77.8 Å². The number of fused-ring (bicyclic) bond motifs is 5. The second-order valence-corrected chi connectivity index (χ2v) is 12.7. The first-order valence-corrected chi connectivity index (χ1v) is 14.0. The van der Waals surface area contributed by atoms with E-state index >= 15 is 0 Å². The maximum atomic E-state index is 13.4. The lowest BCUT2D eigenvalue weighted by Gasteiger charge is -2.60. The number of carbonyl (C=O) groups excluding carboxylic acids is 2. The fourth-order valence-electron chi connectivity index (χ4n) is 7.97. The summed E-state index contributed by atoms with van der Waals surface area (Å²) in [4.78, 5) is 27.6. The first-order chi connectivity index (χ1) is 15.5. The number of nitrogens with zero attached hydrogens (tertiary/aromatic N) is 1. The molecule has 3 fully saturated rings. The predicted molar refractivity (Wildman–Crippen MR) is 136 cm³/mol. The predicted octanol–water partition coefficient (Wildman–Crippen LogP) is 4.15. The van der Waals surface area contributed by atoms with Gasteiger partial charge in [0.05, 0.1) is 11.9 Å². The second-order valence-electron chi connectivity index (χ2n) is 11.1. The zero-order valence-electron chi connectivity index (χ0n) is 20.4. The monoisotopic (exact) mass is 493 g/mol. The van der Waals surface area contributed by atoms with Gasteiger partial charge in [-0.2, -0.15) is 0 Å². The van der Waals surface area contributed by atoms with Crippen LogP contribution in [0.25, 0.3) is 0 Å². The molecule has 7 atom stereocenters. The molecule has 33 heavy (non-hydrogen) atoms. The number of hydrogen-bond acceptors (Lipinski definition) is 6. The van der Waals surface area contributed by atoms with E-state index in [-0.39, 0.29) is 40.5 Å². The molecule has 4 rings (SSSR count). The quantitative estimate of drug-likeness (QED) is 0.557. The maximum Gasteiger partial charge on any atom is 0.175 e. The molecule has 0 bridgehead atoms. The van der Waals surface area contributed by atoms with Crippen molar-refractivity contribution in [1.29, 1.82) is 0 Å². The molecule has 0 aromatic heterocycles. The number of thioether (sulfide) groups is 1. The van der Waals surface area contributed by atoms with Gasteiger partial charge in [0.2, 0.25) is 0 Å². The highest BCUT2D eigenvalue weighted by Gasteiger charge is 2.68. The average molecular weight is 494 g/mol. The lowest BCUT2D eigenvalue weighted by molar-refractivity contribution is -0.178. The van der Waals surface area contributed by atoms with Crippen molar-refractivity contribution in [2.75, 3.05) is 18.8 Å². The summed E-state index contributed by atoms with van der Waals surface area (Å²) in [5.41, 5.74) is -1.01. The molecule has 7 heteroatoms. The van der Waals surface area contributed by atoms with Gasteiger partial charge < -0.3 is 15.1 Å². The molecule has 0 spiro atoms. The van der Waals surface area contributed by atoms with Gasteiger partial charge in [-0.15, -0.1) is 0 Å². The Bertz CT molecular complexity index is 870. The summed E-state index contributed by atoms with van der Waals surface area (Å²) in [5.74, 6) is 0.785. The van der Waals surface area contributed by atoms with Crippen LogP contribution >= 0.6 is 24.0 Å². The number of ketones is 2. The number of thiocarbonyl (C=S) groups is 1. The first kappa shape index (κ1) is 25.3. The van der Waals surface area contributed by atoms with Crippen LogP contribution in [0.4, 0.5) is 0 Å². The largest absolute Gasteiger partial charge is 0.393 e. The van der Waals surface area contributed by atoms with Gasteiger partial charge in [-0.3, -0.25) is 9.59 Å². The molecule has 4 aliphatic rings. The molecular weight excluding hydrogens is 454 g/mol. The number of aliphatic hydroxyl groups excluding tert-OH is 1. The molecule has 0 unspecified atom stereocenters. The fraction of sp³-hybridized carbons (Fsp3) is 0.808. The van der Waals surface area contributed by atoms with E-state index in [1.54, 1.807) is 0 Å². The molecule has 2 N–H and O–H groups in total. The van der Waals surface area contributed by atoms with Crippen molar-refractivity contribution in [3.8, 4) is 0 Å². The highest BCUT2D eigenvalue weighted by molar-refractivity contribution is 8.23. The highest BCUT2D eigenvalue weighted by Crippen LogP contribution is 2.67. The van der Waals surface area contributed by atoms with Crippen LogP contribution in [0.1, 0.15) is 72.6 Å². The van der Waals surface area contributed by atoms with Crippen LogP contribution in [-0.4, -0.2) is 61.5 Å². The molecular formula is C26H39NO4S2. The minimum absolute atomic E-state index is 0.0887. The van der Waals surface area contributed by atoms with Crippen molar-refractivity contribution in [2.45, 2.75) is 84.3 Å². The fourth-order valence-corrected chi connectivity index (χ4v) is 9.34. The zero-order chi connectivity index (χ0) is 24.2. The molecule has 3 saturated carbocycles. The number of carbonyl (C=O) groups is 2. The molecule has 184 valence electrons. The van der Waals surface area contributed by atoms with E-state index in [9.17, 15) is 19.8 Å². The number of aliphatic hydroxyl groups is 2. The summed E-state index contributed by atoms with van der Waals surface area (Å²) in [6.07, 6.45) is 6.09. The minimum atomic E-state index is -1.42. The Kier molecular flexibility index (Phi) is 6.93. The third kappa shape index (κ3) is 3.85. The molecule has 5 nitrogen and oxygen atoms in total. The molecule has 0 saturated heterocycles. The van der Waals surface area contributed by atoms with Crippen molar-refractivity contribution < 1.29 is 19.8 Å². The standard InChI is InChI=1S/C26H39NO4S2/c1-5-27(6-2)23(32)33-15-21(30)26(31)12-10-19-18-8-7-16-13-17(28)9-11-24(16,3)22(18)20(29)14-25(19,26)4/h13,18-20,22,29,31H,5-12,14-15H2,1-4H3/t18-,19-,20+,22+,24+,25+,26+/m1/s1. The number of allylic oxidation sites excluding steroid dienone is 1. The van der Waals surface area contributed by atoms with Crippen LogP contribution in [0.2, 0.25) is 0 Å². The normalized spacial score (nSPS) is 42.1. The molecule has 0 aliphatic heterocycles. The van der Waals surface area contributed by atoms with Gasteiger partial charge in [0.1, 0.15) is 9.92 Å². The number of hydrogen-bond donors (Lipinski definition) is 2. The SMILES string of the molecule is CCN(CC)C(=S)SCC(=O)[C@@]1(O)CC[C@@H]2[C@H]3CCC4=CC(=O)CC[C@]4(C)[C@@H]3[C@@H](O)C[C@@]21C. The van der Waals surface area contributed by atoms with E-state index in [1.165, 1.54) is 17.3 Å². The van der Waals surface area contributed by atoms with E-state index in [0.29, 0.717) is 23.6 Å². The van der Waals surface area contributed by atoms with E-state index in [1.807, 2.05) is 31.7 Å². The van der Waals surface area contributed by atoms with E-state index in [2.05, 4.69) is 6.92 Å². The second kappa shape index (κ2) is 9.03. The zero-order valence-corrected chi connectivity index (χ0v) is 22.1. The summed E-state index contributed by atoms with van der Waals surface area (Å²) in [6, 6.07) is 0. The van der Waals surface area contributed by atoms with Crippen molar-refractivity contribution in [2.24, 2.45) is 28.6 Å². The average Bonchev–Trinajstić information content (AvgIpc) is 3.04. The van der Waals surface area contributed by atoms with Crippen molar-refractivity contribution in [3.63, 3.8) is 0 Å². The van der Waals surface area contributed by atoms with Crippen molar-refractivity contribution >= 4 is 39.9 Å². The molecule has 0 heterocycles. The summed E-state index contributed by atoms with van der Waals surface area (Å²) in [7, 11) is 0. The van der Waals surface area contributed by atoms with Crippen LogP contribution < -0.4 is 0 Å². The summed E-state index contributed by atoms with van der Waals surface area (Å²) < 4.78 is 0.701. The Morgan fingerprint density at radius 3 is 2.58 bits per heavy atom. The van der Waals surface area contributed by atoms with Gasteiger partial charge >= 0.3 is 0 Å². The summed E-state index contributed by atoms with van der Waals surface area (Å²) >= 11 is 6.85. The van der Waals surface area contributed by atoms with E-state index < -0.39 is 17.1 Å². The Labute approximate surface area is 207 Å². The Hall–Kier alpha value is -0.760. The van der Waals surface area contributed by atoms with E-state index in [0.717, 1.165) is 38.8 Å². The van der Waals surface area contributed by atoms with Crippen LogP contribution in [0.5, 0.6) is 0 Å². The molecule has 0 aromatic rings. The smallest absolute Gasteiger partial charge is 0.175 e. The van der Waals surface area contributed by atoms with Crippen LogP contribution in [0, 0.1) is 28.6 Å². The Morgan fingerprint density at radius 2 is 1.91 bits per heavy atom. The molecule has 0 amide bonds. The van der Waals surface area contributed by atoms with Gasteiger partial charge in [-0.05, 0) is 81.6 Å². The molecule has 0 aromatic carbocycles. The van der Waals surface area contributed by atoms with Crippen LogP contribution in [0.3, 0.4) is 0 Å². The molecule has 4 aliphatic carbocycles. The Morgan fingerprint density at radius 1 is 1.21 bits per heavy atom. The van der Waals surface area contributed by atoms with Gasteiger partial charge in [0.15, 0.2) is 11.6 Å². The highest BCUT2D eigenvalue weighted by atomic mass is 32.2. The van der Waals surface area contributed by atoms with Gasteiger partial charge in [0, 0.05) is 24.9 Å². The van der Waals surface area contributed by atoms with Crippen molar-refractivity contribution in [1.82, 2.24) is 4.90 Å². The first-order valence-electron chi connectivity index (χ1n) is 12.6. The summed E-state index contributed by atoms with van der Waals surface area (Å²) in [6.45, 7) is 9.95. The van der Waals surface area contributed by atoms with Crippen LogP contribution in [-0.2, 0) is 9.59 Å². The maximum absolute atomic E-state index is 13.4. The molecule has 0 radical (unpaired) electrons. The van der Waals surface area contributed by atoms with Gasteiger partial charge in [0.25, 0.3) is 0 Å². The minimum Gasteiger partial charge on any atom is -0.393 e. The third-order valence-corrected chi connectivity index (χ3v) is 11.4. The van der Waals surface area contributed by atoms with E-state index in [4.69, 9.17) is 12.2 Å². The third-order valence-electron chi connectivity index (χ3n) is 9.86. The van der Waals surface area contributed by atoms with Gasteiger partial charge in [-0.25, -0.2) is 0 Å². The van der Waals surface area contributed by atoms with Gasteiger partial charge in [-0.1, -0.05) is 43.4 Å². The summed E-state index contributed by atoms with van der Waals surface area (Å²) in [5, 5.41) is 23.3. The number of rotatable bonds is 5. The number of Topliss-reactive ketones (excluding diaryl/α,β-unsaturated/α-hetero) is 1.